The summed E-state index contributed by atoms with van der Waals surface area (Å²) in [5, 5.41) is 14.0. The number of aryl methyl sites for hydroxylation is 2. The number of rotatable bonds is 4. The average molecular weight is 265 g/mol. The highest BCUT2D eigenvalue weighted by atomic mass is 32.1. The molecule has 5 nitrogen and oxygen atoms in total. The monoisotopic (exact) mass is 265 g/mol. The summed E-state index contributed by atoms with van der Waals surface area (Å²) in [6, 6.07) is 0. The number of nitrogens with zero attached hydrogens (tertiary/aromatic N) is 3. The molecule has 18 heavy (non-hydrogen) atoms. The van der Waals surface area contributed by atoms with Gasteiger partial charge in [0.05, 0.1) is 23.3 Å². The molecule has 1 unspecified atom stereocenters. The molecule has 0 spiro atoms. The van der Waals surface area contributed by atoms with E-state index in [2.05, 4.69) is 10.1 Å². The van der Waals surface area contributed by atoms with Crippen LogP contribution in [-0.4, -0.2) is 25.8 Å². The Hall–Kier alpha value is -1.69. The van der Waals surface area contributed by atoms with Gasteiger partial charge in [-0.2, -0.15) is 5.10 Å². The average Bonchev–Trinajstić information content (AvgIpc) is 2.83. The normalized spacial score (nSPS) is 12.6. The van der Waals surface area contributed by atoms with Crippen molar-refractivity contribution in [3.63, 3.8) is 0 Å². The van der Waals surface area contributed by atoms with Gasteiger partial charge in [0.15, 0.2) is 0 Å². The van der Waals surface area contributed by atoms with Crippen molar-refractivity contribution in [1.29, 1.82) is 0 Å². The molecule has 96 valence electrons. The van der Waals surface area contributed by atoms with Gasteiger partial charge in [-0.05, 0) is 6.92 Å². The molecule has 2 aromatic heterocycles. The molecule has 0 aliphatic carbocycles. The maximum atomic E-state index is 10.8. The number of aliphatic carboxylic acids is 1. The third kappa shape index (κ3) is 2.59. The molecule has 0 bridgehead atoms. The lowest BCUT2D eigenvalue weighted by molar-refractivity contribution is -0.137. The van der Waals surface area contributed by atoms with Gasteiger partial charge < -0.3 is 5.11 Å². The first-order valence-corrected chi connectivity index (χ1v) is 6.47. The first-order chi connectivity index (χ1) is 8.47. The van der Waals surface area contributed by atoms with Crippen LogP contribution in [0.25, 0.3) is 11.3 Å². The summed E-state index contributed by atoms with van der Waals surface area (Å²) in [6.45, 7) is 3.85. The van der Waals surface area contributed by atoms with Crippen LogP contribution in [0.5, 0.6) is 0 Å². The van der Waals surface area contributed by atoms with Gasteiger partial charge in [-0.3, -0.25) is 9.48 Å². The first-order valence-electron chi connectivity index (χ1n) is 5.65. The molecule has 0 radical (unpaired) electrons. The van der Waals surface area contributed by atoms with Crippen LogP contribution < -0.4 is 0 Å². The van der Waals surface area contributed by atoms with Gasteiger partial charge in [-0.15, -0.1) is 11.3 Å². The molecule has 0 saturated carbocycles. The van der Waals surface area contributed by atoms with E-state index in [1.807, 2.05) is 27.1 Å². The number of hydrogen-bond acceptors (Lipinski definition) is 4. The molecule has 6 heteroatoms. The Morgan fingerprint density at radius 3 is 2.89 bits per heavy atom. The van der Waals surface area contributed by atoms with Gasteiger partial charge in [0, 0.05) is 29.6 Å². The van der Waals surface area contributed by atoms with Crippen LogP contribution in [0.2, 0.25) is 0 Å². The number of aromatic nitrogens is 3. The van der Waals surface area contributed by atoms with E-state index in [4.69, 9.17) is 5.11 Å². The molecular formula is C12H15N3O2S. The van der Waals surface area contributed by atoms with E-state index in [0.717, 1.165) is 21.1 Å². The lowest BCUT2D eigenvalue weighted by atomic mass is 10.0. The fraction of sp³-hybridized carbons (Fsp3) is 0.417. The molecule has 1 atom stereocenters. The van der Waals surface area contributed by atoms with Gasteiger partial charge in [0.1, 0.15) is 0 Å². The second-order valence-corrected chi connectivity index (χ2v) is 5.58. The fourth-order valence-electron chi connectivity index (χ4n) is 1.88. The Labute approximate surface area is 109 Å². The highest BCUT2D eigenvalue weighted by molar-refractivity contribution is 7.12. The smallest absolute Gasteiger partial charge is 0.303 e. The summed E-state index contributed by atoms with van der Waals surface area (Å²) in [4.78, 5) is 16.3. The molecule has 1 N–H and O–H groups in total. The fourth-order valence-corrected chi connectivity index (χ4v) is 2.88. The molecule has 2 rings (SSSR count). The minimum absolute atomic E-state index is 0.0380. The molecule has 0 amide bonds. The maximum Gasteiger partial charge on any atom is 0.303 e. The number of carboxylic acids is 1. The van der Waals surface area contributed by atoms with Crippen LogP contribution in [-0.2, 0) is 11.8 Å². The quantitative estimate of drug-likeness (QED) is 0.921. The third-order valence-corrected chi connectivity index (χ3v) is 3.87. The molecular weight excluding hydrogens is 250 g/mol. The zero-order valence-corrected chi connectivity index (χ0v) is 11.4. The second-order valence-electron chi connectivity index (χ2n) is 4.35. The Morgan fingerprint density at radius 1 is 1.61 bits per heavy atom. The molecule has 0 aliphatic rings. The number of thiazole rings is 1. The molecule has 2 heterocycles. The van der Waals surface area contributed by atoms with E-state index in [0.29, 0.717) is 0 Å². The van der Waals surface area contributed by atoms with Gasteiger partial charge in [-0.25, -0.2) is 4.98 Å². The predicted octanol–water partition coefficient (Wildman–Crippen LogP) is 2.43. The topological polar surface area (TPSA) is 68.0 Å². The van der Waals surface area contributed by atoms with Crippen LogP contribution in [0.4, 0.5) is 0 Å². The van der Waals surface area contributed by atoms with Crippen molar-refractivity contribution in [3.8, 4) is 11.3 Å². The molecule has 0 saturated heterocycles. The van der Waals surface area contributed by atoms with Crippen LogP contribution in [0.3, 0.4) is 0 Å². The van der Waals surface area contributed by atoms with E-state index >= 15 is 0 Å². The summed E-state index contributed by atoms with van der Waals surface area (Å²) in [6.07, 6.45) is 3.77. The third-order valence-electron chi connectivity index (χ3n) is 2.67. The van der Waals surface area contributed by atoms with Crippen LogP contribution in [0, 0.1) is 6.92 Å². The predicted molar refractivity (Wildman–Crippen MR) is 69.7 cm³/mol. The summed E-state index contributed by atoms with van der Waals surface area (Å²) in [5.41, 5.74) is 1.80. The summed E-state index contributed by atoms with van der Waals surface area (Å²) in [7, 11) is 1.85. The van der Waals surface area contributed by atoms with E-state index in [9.17, 15) is 4.79 Å². The van der Waals surface area contributed by atoms with E-state index in [-0.39, 0.29) is 12.3 Å². The van der Waals surface area contributed by atoms with Gasteiger partial charge in [-0.1, -0.05) is 6.92 Å². The second kappa shape index (κ2) is 4.89. The molecule has 0 aromatic carbocycles. The minimum atomic E-state index is -0.786. The Bertz CT molecular complexity index is 574. The van der Waals surface area contributed by atoms with Crippen molar-refractivity contribution < 1.29 is 9.90 Å². The highest BCUT2D eigenvalue weighted by Crippen LogP contribution is 2.34. The van der Waals surface area contributed by atoms with E-state index in [1.54, 1.807) is 22.2 Å². The zero-order valence-electron chi connectivity index (χ0n) is 10.5. The molecule has 0 fully saturated rings. The van der Waals surface area contributed by atoms with Crippen molar-refractivity contribution in [2.75, 3.05) is 0 Å². The largest absolute Gasteiger partial charge is 0.481 e. The Morgan fingerprint density at radius 2 is 2.33 bits per heavy atom. The Kier molecular flexibility index (Phi) is 3.47. The number of carboxylic acid groups (broad SMARTS) is 1. The summed E-state index contributed by atoms with van der Waals surface area (Å²) < 4.78 is 1.72. The minimum Gasteiger partial charge on any atom is -0.481 e. The van der Waals surface area contributed by atoms with E-state index in [1.165, 1.54) is 0 Å². The van der Waals surface area contributed by atoms with Crippen LogP contribution >= 0.6 is 11.3 Å². The van der Waals surface area contributed by atoms with E-state index < -0.39 is 5.97 Å². The maximum absolute atomic E-state index is 10.8. The number of hydrogen-bond donors (Lipinski definition) is 1. The van der Waals surface area contributed by atoms with Crippen molar-refractivity contribution in [1.82, 2.24) is 14.8 Å². The van der Waals surface area contributed by atoms with Crippen LogP contribution in [0.15, 0.2) is 12.4 Å². The van der Waals surface area contributed by atoms with Crippen molar-refractivity contribution >= 4 is 17.3 Å². The summed E-state index contributed by atoms with van der Waals surface area (Å²) in [5.74, 6) is -0.824. The SMILES string of the molecule is Cc1nc(-c2cnn(C)c2)c(C(C)CC(=O)O)s1. The lowest BCUT2D eigenvalue weighted by Crippen LogP contribution is -2.02. The molecule has 0 aliphatic heterocycles. The molecule has 2 aromatic rings. The first kappa shape index (κ1) is 12.8. The Balaban J connectivity index is 2.39. The van der Waals surface area contributed by atoms with Crippen molar-refractivity contribution in [3.05, 3.63) is 22.3 Å². The zero-order chi connectivity index (χ0) is 13.3. The van der Waals surface area contributed by atoms with Gasteiger partial charge in [0.25, 0.3) is 0 Å². The van der Waals surface area contributed by atoms with Gasteiger partial charge in [0.2, 0.25) is 0 Å². The van der Waals surface area contributed by atoms with Crippen molar-refractivity contribution in [2.45, 2.75) is 26.2 Å². The number of carbonyl (C=O) groups is 1. The van der Waals surface area contributed by atoms with Crippen molar-refractivity contribution in [2.24, 2.45) is 7.05 Å². The lowest BCUT2D eigenvalue weighted by Gasteiger charge is -2.07. The van der Waals surface area contributed by atoms with Gasteiger partial charge >= 0.3 is 5.97 Å². The van der Waals surface area contributed by atoms with Crippen LogP contribution in [0.1, 0.15) is 29.1 Å². The standard InChI is InChI=1S/C12H15N3O2S/c1-7(4-10(16)17)12-11(14-8(2)18-12)9-5-13-15(3)6-9/h5-7H,4H2,1-3H3,(H,16,17). The highest BCUT2D eigenvalue weighted by Gasteiger charge is 2.20. The summed E-state index contributed by atoms with van der Waals surface area (Å²) >= 11 is 1.56.